The van der Waals surface area contributed by atoms with Crippen LogP contribution in [0.3, 0.4) is 0 Å². The minimum atomic E-state index is -4.67. The van der Waals surface area contributed by atoms with Crippen LogP contribution in [-0.2, 0) is 6.18 Å². The second kappa shape index (κ2) is 9.11. The zero-order chi connectivity index (χ0) is 25.4. The van der Waals surface area contributed by atoms with Gasteiger partial charge in [0, 0.05) is 18.3 Å². The van der Waals surface area contributed by atoms with Crippen molar-refractivity contribution in [3.63, 3.8) is 0 Å². The van der Waals surface area contributed by atoms with Gasteiger partial charge in [0.05, 0.1) is 35.9 Å². The number of nitrogens with zero attached hydrogens (tertiary/aromatic N) is 8. The Kier molecular flexibility index (Phi) is 5.96. The maximum Gasteiger partial charge on any atom is 0.419 e. The Labute approximate surface area is 202 Å². The molecule has 4 aromatic rings. The van der Waals surface area contributed by atoms with E-state index < -0.39 is 23.7 Å². The number of amides is 1. The smallest absolute Gasteiger partial charge is 0.394 e. The van der Waals surface area contributed by atoms with Gasteiger partial charge in [-0.2, -0.15) is 13.2 Å². The minimum Gasteiger partial charge on any atom is -0.394 e. The fourth-order valence-electron chi connectivity index (χ4n) is 3.61. The third-order valence-corrected chi connectivity index (χ3v) is 5.69. The zero-order valence-corrected chi connectivity index (χ0v) is 18.9. The largest absolute Gasteiger partial charge is 0.419 e. The Morgan fingerprint density at radius 3 is 2.81 bits per heavy atom. The molecular formula is C22H20F3N9O2. The first-order valence-corrected chi connectivity index (χ1v) is 11.0. The van der Waals surface area contributed by atoms with E-state index in [9.17, 15) is 23.1 Å². The molecule has 11 nitrogen and oxygen atoms in total. The lowest BCUT2D eigenvalue weighted by atomic mass is 10.2. The van der Waals surface area contributed by atoms with Gasteiger partial charge in [-0.05, 0) is 48.4 Å². The molecule has 1 amide bonds. The second-order valence-corrected chi connectivity index (χ2v) is 8.41. The highest BCUT2D eigenvalue weighted by atomic mass is 19.4. The number of alkyl halides is 3. The van der Waals surface area contributed by atoms with E-state index in [1.165, 1.54) is 21.6 Å². The molecule has 0 aromatic carbocycles. The maximum absolute atomic E-state index is 13.7. The van der Waals surface area contributed by atoms with Crippen molar-refractivity contribution in [3.05, 3.63) is 59.9 Å². The second-order valence-electron chi connectivity index (χ2n) is 8.41. The van der Waals surface area contributed by atoms with Crippen LogP contribution in [0.4, 0.5) is 19.0 Å². The summed E-state index contributed by atoms with van der Waals surface area (Å²) in [7, 11) is 0. The Bertz CT molecular complexity index is 1410. The number of pyridine rings is 2. The molecule has 5 rings (SSSR count). The fourth-order valence-corrected chi connectivity index (χ4v) is 3.61. The average Bonchev–Trinajstić information content (AvgIpc) is 3.38. The number of rotatable bonds is 7. The molecule has 0 bridgehead atoms. The number of aliphatic hydroxyl groups is 1. The van der Waals surface area contributed by atoms with Crippen LogP contribution in [0.5, 0.6) is 0 Å². The number of tetrazole rings is 1. The van der Waals surface area contributed by atoms with E-state index in [4.69, 9.17) is 0 Å². The summed E-state index contributed by atoms with van der Waals surface area (Å²) in [6, 6.07) is 5.40. The fraction of sp³-hybridized carbons (Fsp3) is 0.318. The molecule has 0 aliphatic heterocycles. The lowest BCUT2D eigenvalue weighted by molar-refractivity contribution is -0.137. The highest BCUT2D eigenvalue weighted by molar-refractivity contribution is 6.02. The maximum atomic E-state index is 13.7. The topological polar surface area (TPSA) is 137 Å². The lowest BCUT2D eigenvalue weighted by Crippen LogP contribution is -2.18. The number of aromatic nitrogens is 8. The number of carbonyl (C=O) groups is 1. The molecule has 0 spiro atoms. The Hall–Kier alpha value is -4.20. The molecule has 4 heterocycles. The number of nitrogens with one attached hydrogen (secondary N) is 1. The van der Waals surface area contributed by atoms with Crippen LogP contribution in [0, 0.1) is 0 Å². The normalized spacial score (nSPS) is 14.6. The summed E-state index contributed by atoms with van der Waals surface area (Å²) in [5.74, 6) is -0.106. The van der Waals surface area contributed by atoms with Crippen molar-refractivity contribution in [2.24, 2.45) is 0 Å². The highest BCUT2D eigenvalue weighted by Crippen LogP contribution is 2.40. The monoisotopic (exact) mass is 499 g/mol. The van der Waals surface area contributed by atoms with Gasteiger partial charge < -0.3 is 15.0 Å². The molecular weight excluding hydrogens is 479 g/mol. The van der Waals surface area contributed by atoms with E-state index in [2.05, 4.69) is 35.8 Å². The summed E-state index contributed by atoms with van der Waals surface area (Å²) in [5.41, 5.74) is -0.426. The molecule has 1 fully saturated rings. The quantitative estimate of drug-likeness (QED) is 0.396. The van der Waals surface area contributed by atoms with E-state index >= 15 is 0 Å². The van der Waals surface area contributed by atoms with Crippen LogP contribution < -0.4 is 5.32 Å². The van der Waals surface area contributed by atoms with E-state index in [-0.39, 0.29) is 35.5 Å². The molecule has 2 N–H and O–H groups in total. The summed E-state index contributed by atoms with van der Waals surface area (Å²) in [6.45, 7) is 1.52. The van der Waals surface area contributed by atoms with Gasteiger partial charge in [-0.1, -0.05) is 6.07 Å². The van der Waals surface area contributed by atoms with Crippen molar-refractivity contribution in [1.82, 2.24) is 39.7 Å². The Balaban J connectivity index is 1.43. The predicted molar refractivity (Wildman–Crippen MR) is 119 cm³/mol. The number of carbonyl (C=O) groups excluding carboxylic acids is 1. The van der Waals surface area contributed by atoms with Crippen LogP contribution in [0.25, 0.3) is 17.2 Å². The summed E-state index contributed by atoms with van der Waals surface area (Å²) >= 11 is 0. The van der Waals surface area contributed by atoms with Crippen LogP contribution in [-0.4, -0.2) is 57.3 Å². The molecule has 1 atom stereocenters. The highest BCUT2D eigenvalue weighted by Gasteiger charge is 2.36. The van der Waals surface area contributed by atoms with E-state index in [1.54, 1.807) is 25.3 Å². The van der Waals surface area contributed by atoms with Crippen LogP contribution in [0.15, 0.2) is 43.0 Å². The van der Waals surface area contributed by atoms with Crippen LogP contribution in [0.2, 0.25) is 0 Å². The number of halogens is 3. The van der Waals surface area contributed by atoms with Gasteiger partial charge in [-0.15, -0.1) is 5.10 Å². The van der Waals surface area contributed by atoms with Crippen molar-refractivity contribution in [3.8, 4) is 17.2 Å². The lowest BCUT2D eigenvalue weighted by Gasteiger charge is -2.14. The molecule has 36 heavy (non-hydrogen) atoms. The van der Waals surface area contributed by atoms with Gasteiger partial charge in [-0.25, -0.2) is 14.6 Å². The Morgan fingerprint density at radius 2 is 2.08 bits per heavy atom. The summed E-state index contributed by atoms with van der Waals surface area (Å²) in [5, 5.41) is 23.3. The summed E-state index contributed by atoms with van der Waals surface area (Å²) in [6.07, 6.45) is 0.715. The molecule has 1 saturated carbocycles. The first-order valence-electron chi connectivity index (χ1n) is 11.0. The molecule has 0 saturated heterocycles. The molecule has 1 aliphatic carbocycles. The summed E-state index contributed by atoms with van der Waals surface area (Å²) < 4.78 is 43.6. The minimum absolute atomic E-state index is 0.116. The third kappa shape index (κ3) is 4.66. The van der Waals surface area contributed by atoms with E-state index in [1.807, 2.05) is 0 Å². The van der Waals surface area contributed by atoms with Crippen molar-refractivity contribution in [2.45, 2.75) is 37.9 Å². The molecule has 0 unspecified atom stereocenters. The Morgan fingerprint density at radius 1 is 1.28 bits per heavy atom. The average molecular weight is 499 g/mol. The number of hydrogen-bond donors (Lipinski definition) is 2. The first kappa shape index (κ1) is 23.5. The van der Waals surface area contributed by atoms with Gasteiger partial charge in [0.2, 0.25) is 5.82 Å². The predicted octanol–water partition coefficient (Wildman–Crippen LogP) is 3.02. The molecule has 14 heteroatoms. The van der Waals surface area contributed by atoms with Gasteiger partial charge in [-0.3, -0.25) is 9.78 Å². The van der Waals surface area contributed by atoms with E-state index in [0.29, 0.717) is 17.6 Å². The number of aliphatic hydroxyl groups excluding tert-OH is 1. The summed E-state index contributed by atoms with van der Waals surface area (Å²) in [4.78, 5) is 25.2. The van der Waals surface area contributed by atoms with Gasteiger partial charge >= 0.3 is 6.18 Å². The van der Waals surface area contributed by atoms with Crippen molar-refractivity contribution in [2.75, 3.05) is 11.9 Å². The standard InChI is InChI=1S/C22H20F3N9O2/c1-12(10-35)34-20(30-31-32-34)15-3-2-4-19(28-15)29-21(36)16-7-18(14(8-26-16)22(23,24)25)33-9-17(27-11-33)13-5-6-13/h2-4,7-9,11-13,35H,5-6,10H2,1H3,(H,28,29,36)/t12-/m1/s1. The van der Waals surface area contributed by atoms with Crippen molar-refractivity contribution in [1.29, 1.82) is 0 Å². The first-order chi connectivity index (χ1) is 17.2. The molecule has 0 radical (unpaired) electrons. The molecule has 4 aromatic heterocycles. The number of imidazole rings is 1. The number of hydrogen-bond acceptors (Lipinski definition) is 8. The van der Waals surface area contributed by atoms with Gasteiger partial charge in [0.15, 0.2) is 0 Å². The van der Waals surface area contributed by atoms with Crippen molar-refractivity contribution >= 4 is 11.7 Å². The van der Waals surface area contributed by atoms with Crippen LogP contribution >= 0.6 is 0 Å². The van der Waals surface area contributed by atoms with Crippen LogP contribution in [0.1, 0.15) is 53.5 Å². The van der Waals surface area contributed by atoms with Crippen molar-refractivity contribution < 1.29 is 23.1 Å². The van der Waals surface area contributed by atoms with Gasteiger partial charge in [0.1, 0.15) is 17.2 Å². The van der Waals surface area contributed by atoms with Gasteiger partial charge in [0.25, 0.3) is 5.91 Å². The SMILES string of the molecule is C[C@H](CO)n1nnnc1-c1cccc(NC(=O)c2cc(-n3cnc(C4CC4)c3)c(C(F)(F)F)cn2)n1. The van der Waals surface area contributed by atoms with E-state index in [0.717, 1.165) is 18.9 Å². The zero-order valence-electron chi connectivity index (χ0n) is 18.9. The molecule has 186 valence electrons. The number of anilines is 1. The molecule has 1 aliphatic rings. The third-order valence-electron chi connectivity index (χ3n) is 5.69.